The number of carboxylic acids is 1. The van der Waals surface area contributed by atoms with E-state index < -0.39 is 5.97 Å². The Morgan fingerprint density at radius 2 is 1.73 bits per heavy atom. The van der Waals surface area contributed by atoms with Crippen molar-refractivity contribution >= 4 is 34.3 Å². The van der Waals surface area contributed by atoms with Crippen LogP contribution in [0.2, 0.25) is 5.02 Å². The van der Waals surface area contributed by atoms with Crippen LogP contribution in [0.3, 0.4) is 0 Å². The lowest BCUT2D eigenvalue weighted by Gasteiger charge is -2.14. The minimum atomic E-state index is -0.842. The lowest BCUT2D eigenvalue weighted by atomic mass is 9.89. The highest BCUT2D eigenvalue weighted by Gasteiger charge is 2.24. The number of rotatable bonds is 13. The van der Waals surface area contributed by atoms with Gasteiger partial charge in [0.1, 0.15) is 0 Å². The fourth-order valence-electron chi connectivity index (χ4n) is 4.72. The van der Waals surface area contributed by atoms with E-state index in [1.807, 2.05) is 31.3 Å². The zero-order valence-corrected chi connectivity index (χ0v) is 20.4. The number of hydrogen-bond acceptors (Lipinski definition) is 2. The van der Waals surface area contributed by atoms with Gasteiger partial charge in [0.2, 0.25) is 0 Å². The molecule has 0 aliphatic heterocycles. The Morgan fingerprint density at radius 1 is 1.00 bits per heavy atom. The Hall–Kier alpha value is -2.59. The average molecular weight is 468 g/mol. The van der Waals surface area contributed by atoms with Crippen LogP contribution in [0.4, 0.5) is 0 Å². The molecule has 0 saturated heterocycles. The molecule has 1 aromatic heterocycles. The zero-order valence-electron chi connectivity index (χ0n) is 19.6. The first kappa shape index (κ1) is 25.0. The van der Waals surface area contributed by atoms with Gasteiger partial charge in [-0.1, -0.05) is 61.7 Å². The van der Waals surface area contributed by atoms with Crippen molar-refractivity contribution in [2.45, 2.75) is 64.7 Å². The van der Waals surface area contributed by atoms with Crippen molar-refractivity contribution < 1.29 is 14.7 Å². The van der Waals surface area contributed by atoms with Gasteiger partial charge < -0.3 is 9.67 Å². The molecule has 3 rings (SSSR count). The second-order valence-electron chi connectivity index (χ2n) is 8.97. The van der Waals surface area contributed by atoms with Gasteiger partial charge in [-0.2, -0.15) is 0 Å². The lowest BCUT2D eigenvalue weighted by molar-refractivity contribution is -0.138. The van der Waals surface area contributed by atoms with Crippen molar-refractivity contribution in [3.63, 3.8) is 0 Å². The summed E-state index contributed by atoms with van der Waals surface area (Å²) in [6.45, 7) is 2.08. The first-order valence-electron chi connectivity index (χ1n) is 12.0. The van der Waals surface area contributed by atoms with Crippen LogP contribution in [0.25, 0.3) is 10.9 Å². The van der Waals surface area contributed by atoms with Crippen LogP contribution in [0.1, 0.15) is 73.5 Å². The molecule has 0 aliphatic rings. The summed E-state index contributed by atoms with van der Waals surface area (Å²) in [4.78, 5) is 24.9. The predicted octanol–water partition coefficient (Wildman–Crippen LogP) is 7.25. The van der Waals surface area contributed by atoms with Crippen molar-refractivity contribution in [1.29, 1.82) is 0 Å². The molecule has 1 atom stereocenters. The molecule has 0 aliphatic carbocycles. The van der Waals surface area contributed by atoms with Crippen molar-refractivity contribution in [3.05, 3.63) is 70.4 Å². The number of carboxylic acid groups (broad SMARTS) is 1. The quantitative estimate of drug-likeness (QED) is 0.212. The number of aliphatic carboxylic acids is 1. The molecule has 176 valence electrons. The minimum absolute atomic E-state index is 0.0308. The van der Waals surface area contributed by atoms with Gasteiger partial charge in [0, 0.05) is 47.1 Å². The molecular formula is C28H34ClNO3. The van der Waals surface area contributed by atoms with Crippen molar-refractivity contribution in [2.75, 3.05) is 0 Å². The Kier molecular flexibility index (Phi) is 9.13. The second kappa shape index (κ2) is 12.0. The summed E-state index contributed by atoms with van der Waals surface area (Å²) in [7, 11) is 2.01. The molecule has 1 unspecified atom stereocenters. The summed E-state index contributed by atoms with van der Waals surface area (Å²) in [5.74, 6) is -0.954. The monoisotopic (exact) mass is 467 g/mol. The highest BCUT2D eigenvalue weighted by molar-refractivity contribution is 6.31. The second-order valence-corrected chi connectivity index (χ2v) is 9.40. The molecule has 4 nitrogen and oxygen atoms in total. The van der Waals surface area contributed by atoms with Gasteiger partial charge >= 0.3 is 5.97 Å². The van der Waals surface area contributed by atoms with Crippen LogP contribution in [0.15, 0.2) is 48.5 Å². The molecule has 0 amide bonds. The largest absolute Gasteiger partial charge is 0.481 e. The molecule has 5 heteroatoms. The van der Waals surface area contributed by atoms with Crippen molar-refractivity contribution in [2.24, 2.45) is 13.0 Å². The van der Waals surface area contributed by atoms with Gasteiger partial charge in [-0.25, -0.2) is 0 Å². The number of Topliss-reactive ketones (excluding diaryl/α,β-unsaturated/α-hetero) is 1. The van der Waals surface area contributed by atoms with E-state index in [1.54, 1.807) is 0 Å². The first-order chi connectivity index (χ1) is 15.9. The molecule has 2 aromatic carbocycles. The first-order valence-corrected chi connectivity index (χ1v) is 12.3. The molecule has 0 radical (unpaired) electrons. The van der Waals surface area contributed by atoms with E-state index in [4.69, 9.17) is 11.6 Å². The van der Waals surface area contributed by atoms with E-state index in [-0.39, 0.29) is 24.5 Å². The molecular weight excluding hydrogens is 434 g/mol. The summed E-state index contributed by atoms with van der Waals surface area (Å²) in [5, 5.41) is 10.8. The molecule has 1 heterocycles. The summed E-state index contributed by atoms with van der Waals surface area (Å²) >= 11 is 6.30. The van der Waals surface area contributed by atoms with Crippen LogP contribution in [-0.4, -0.2) is 21.4 Å². The zero-order chi connectivity index (χ0) is 23.8. The predicted molar refractivity (Wildman–Crippen MR) is 135 cm³/mol. The molecule has 0 spiro atoms. The number of benzene rings is 2. The minimum Gasteiger partial charge on any atom is -0.481 e. The van der Waals surface area contributed by atoms with Crippen LogP contribution < -0.4 is 0 Å². The Labute approximate surface area is 201 Å². The molecule has 0 fully saturated rings. The molecule has 3 aromatic rings. The Bertz CT molecular complexity index is 1090. The number of fused-ring (bicyclic) bond motifs is 1. The van der Waals surface area contributed by atoms with E-state index in [0.29, 0.717) is 5.02 Å². The van der Waals surface area contributed by atoms with Gasteiger partial charge in [-0.3, -0.25) is 9.59 Å². The van der Waals surface area contributed by atoms with Gasteiger partial charge in [-0.05, 0) is 61.8 Å². The maximum absolute atomic E-state index is 13.6. The highest BCUT2D eigenvalue weighted by atomic mass is 35.5. The van der Waals surface area contributed by atoms with Crippen LogP contribution in [0.5, 0.6) is 0 Å². The average Bonchev–Trinajstić information content (AvgIpc) is 3.06. The molecule has 0 saturated carbocycles. The Morgan fingerprint density at radius 3 is 2.42 bits per heavy atom. The highest BCUT2D eigenvalue weighted by Crippen LogP contribution is 2.32. The summed E-state index contributed by atoms with van der Waals surface area (Å²) in [5.41, 5.74) is 4.06. The summed E-state index contributed by atoms with van der Waals surface area (Å²) in [6, 6.07) is 16.1. The van der Waals surface area contributed by atoms with E-state index in [2.05, 4.69) is 35.8 Å². The number of nitrogens with zero attached hydrogens (tertiary/aromatic N) is 1. The van der Waals surface area contributed by atoms with Gasteiger partial charge in [-0.15, -0.1) is 0 Å². The lowest BCUT2D eigenvalue weighted by Crippen LogP contribution is -2.15. The molecule has 0 bridgehead atoms. The third-order valence-electron chi connectivity index (χ3n) is 6.44. The topological polar surface area (TPSA) is 59.3 Å². The molecule has 33 heavy (non-hydrogen) atoms. The number of hydrogen-bond donors (Lipinski definition) is 1. The number of carbonyl (C=O) groups is 2. The van der Waals surface area contributed by atoms with Crippen LogP contribution in [-0.2, 0) is 24.7 Å². The van der Waals surface area contributed by atoms with Crippen LogP contribution >= 0.6 is 11.6 Å². The standard InChI is InChI=1S/C28H34ClNO3/c1-3-4-10-21(18-27(32)33)17-26(31)28-23-19-22(29)15-16-24(23)30(2)25(28)14-9-8-13-20-11-6-5-7-12-20/h5-7,11-12,15-16,19,21H,3-4,8-10,13-14,17-18H2,1-2H3,(H,32,33). The smallest absolute Gasteiger partial charge is 0.303 e. The van der Waals surface area contributed by atoms with E-state index >= 15 is 0 Å². The fourth-order valence-corrected chi connectivity index (χ4v) is 4.89. The van der Waals surface area contributed by atoms with Crippen molar-refractivity contribution in [1.82, 2.24) is 4.57 Å². The number of ketones is 1. The summed E-state index contributed by atoms with van der Waals surface area (Å²) < 4.78 is 2.11. The van der Waals surface area contributed by atoms with Crippen molar-refractivity contribution in [3.8, 4) is 0 Å². The third-order valence-corrected chi connectivity index (χ3v) is 6.67. The van der Waals surface area contributed by atoms with Crippen LogP contribution in [0, 0.1) is 5.92 Å². The van der Waals surface area contributed by atoms with Gasteiger partial charge in [0.05, 0.1) is 0 Å². The molecule has 1 N–H and O–H groups in total. The van der Waals surface area contributed by atoms with Gasteiger partial charge in [0.15, 0.2) is 5.78 Å². The number of halogens is 1. The normalized spacial score (nSPS) is 12.2. The SMILES string of the molecule is CCCCC(CC(=O)O)CC(=O)c1c(CCCCc2ccccc2)n(C)c2ccc(Cl)cc12. The number of unbranched alkanes of at least 4 members (excludes halogenated alkanes) is 2. The number of aromatic nitrogens is 1. The number of carbonyl (C=O) groups excluding carboxylic acids is 1. The van der Waals surface area contributed by atoms with E-state index in [9.17, 15) is 14.7 Å². The fraction of sp³-hybridized carbons (Fsp3) is 0.429. The van der Waals surface area contributed by atoms with Gasteiger partial charge in [0.25, 0.3) is 0 Å². The maximum Gasteiger partial charge on any atom is 0.303 e. The summed E-state index contributed by atoms with van der Waals surface area (Å²) in [6.07, 6.45) is 6.79. The third kappa shape index (κ3) is 6.70. The van der Waals surface area contributed by atoms with E-state index in [1.165, 1.54) is 5.56 Å². The maximum atomic E-state index is 13.6. The Balaban J connectivity index is 1.84. The van der Waals surface area contributed by atoms with E-state index in [0.717, 1.165) is 67.1 Å². The number of aryl methyl sites for hydroxylation is 2.